The van der Waals surface area contributed by atoms with Crippen molar-refractivity contribution in [3.05, 3.63) is 52.2 Å². The molecule has 1 fully saturated rings. The molecule has 6 heteroatoms. The minimum Gasteiger partial charge on any atom is -0.496 e. The topological polar surface area (TPSA) is 66.8 Å². The number of hydrogen-bond acceptors (Lipinski definition) is 4. The van der Waals surface area contributed by atoms with Crippen LogP contribution in [-0.4, -0.2) is 29.0 Å². The van der Waals surface area contributed by atoms with Crippen LogP contribution in [0, 0.1) is 11.8 Å². The second kappa shape index (κ2) is 9.04. The van der Waals surface area contributed by atoms with Crippen LogP contribution in [0.2, 0.25) is 0 Å². The van der Waals surface area contributed by atoms with Gasteiger partial charge < -0.3 is 14.7 Å². The Kier molecular flexibility index (Phi) is 6.50. The van der Waals surface area contributed by atoms with Crippen LogP contribution in [0.4, 0.5) is 0 Å². The number of aliphatic carboxylic acids is 1. The summed E-state index contributed by atoms with van der Waals surface area (Å²) in [7, 11) is 1.63. The monoisotopic (exact) mass is 387 g/mol. The lowest BCUT2D eigenvalue weighted by Gasteiger charge is -2.31. The maximum absolute atomic E-state index is 13.3. The molecule has 2 unspecified atom stereocenters. The lowest BCUT2D eigenvalue weighted by atomic mass is 9.80. The van der Waals surface area contributed by atoms with Crippen molar-refractivity contribution in [1.82, 2.24) is 4.90 Å². The van der Waals surface area contributed by atoms with Gasteiger partial charge in [0.15, 0.2) is 0 Å². The molecule has 0 bridgehead atoms. The number of para-hydroxylation sites is 1. The zero-order valence-electron chi connectivity index (χ0n) is 15.5. The van der Waals surface area contributed by atoms with Gasteiger partial charge in [0.05, 0.1) is 19.6 Å². The first-order valence-electron chi connectivity index (χ1n) is 9.24. The average Bonchev–Trinajstić information content (AvgIpc) is 3.20. The molecule has 1 aliphatic carbocycles. The second-order valence-corrected chi connectivity index (χ2v) is 8.02. The van der Waals surface area contributed by atoms with E-state index in [1.807, 2.05) is 46.7 Å². The van der Waals surface area contributed by atoms with Crippen LogP contribution in [0.5, 0.6) is 5.75 Å². The number of rotatable bonds is 7. The maximum atomic E-state index is 13.3. The molecule has 144 valence electrons. The van der Waals surface area contributed by atoms with Crippen LogP contribution in [0.15, 0.2) is 41.8 Å². The summed E-state index contributed by atoms with van der Waals surface area (Å²) in [4.78, 5) is 27.6. The molecule has 2 atom stereocenters. The summed E-state index contributed by atoms with van der Waals surface area (Å²) in [5, 5.41) is 11.3. The molecular weight excluding hydrogens is 362 g/mol. The molecule has 0 radical (unpaired) electrons. The van der Waals surface area contributed by atoms with Crippen molar-refractivity contribution in [1.29, 1.82) is 0 Å². The van der Waals surface area contributed by atoms with Gasteiger partial charge in [-0.3, -0.25) is 9.59 Å². The summed E-state index contributed by atoms with van der Waals surface area (Å²) in [5.41, 5.74) is 0.954. The van der Waals surface area contributed by atoms with Crippen LogP contribution in [0.3, 0.4) is 0 Å². The number of carbonyl (C=O) groups is 2. The van der Waals surface area contributed by atoms with Gasteiger partial charge in [-0.05, 0) is 36.8 Å². The Morgan fingerprint density at radius 2 is 1.93 bits per heavy atom. The third-order valence-electron chi connectivity index (χ3n) is 5.16. The molecule has 27 heavy (non-hydrogen) atoms. The number of carboxylic acids is 1. The number of nitrogens with zero attached hydrogens (tertiary/aromatic N) is 1. The minimum absolute atomic E-state index is 0.0419. The van der Waals surface area contributed by atoms with Gasteiger partial charge in [-0.2, -0.15) is 0 Å². The molecule has 1 heterocycles. The number of hydrogen-bond donors (Lipinski definition) is 1. The lowest BCUT2D eigenvalue weighted by molar-refractivity contribution is -0.145. The average molecular weight is 388 g/mol. The zero-order chi connectivity index (χ0) is 19.2. The van der Waals surface area contributed by atoms with Crippen molar-refractivity contribution >= 4 is 23.2 Å². The van der Waals surface area contributed by atoms with Gasteiger partial charge in [-0.1, -0.05) is 30.7 Å². The number of thiophene rings is 1. The molecule has 3 rings (SSSR count). The van der Waals surface area contributed by atoms with E-state index in [0.29, 0.717) is 25.9 Å². The predicted molar refractivity (Wildman–Crippen MR) is 105 cm³/mol. The van der Waals surface area contributed by atoms with E-state index in [1.165, 1.54) is 0 Å². The molecule has 1 amide bonds. The lowest BCUT2D eigenvalue weighted by Crippen LogP contribution is -2.38. The second-order valence-electron chi connectivity index (χ2n) is 6.98. The summed E-state index contributed by atoms with van der Waals surface area (Å²) in [6, 6.07) is 11.7. The van der Waals surface area contributed by atoms with E-state index in [0.717, 1.165) is 29.0 Å². The molecule has 1 N–H and O–H groups in total. The highest BCUT2D eigenvalue weighted by Gasteiger charge is 2.33. The van der Waals surface area contributed by atoms with Crippen molar-refractivity contribution < 1.29 is 19.4 Å². The Bertz CT molecular complexity index is 774. The smallest absolute Gasteiger partial charge is 0.306 e. The molecule has 1 aliphatic rings. The van der Waals surface area contributed by atoms with Gasteiger partial charge in [-0.25, -0.2) is 0 Å². The normalized spacial score (nSPS) is 19.4. The number of methoxy groups -OCH3 is 1. The summed E-state index contributed by atoms with van der Waals surface area (Å²) in [5.74, 6) is -0.632. The quantitative estimate of drug-likeness (QED) is 0.774. The Morgan fingerprint density at radius 1 is 1.15 bits per heavy atom. The first-order valence-corrected chi connectivity index (χ1v) is 10.1. The van der Waals surface area contributed by atoms with Crippen LogP contribution in [-0.2, 0) is 22.7 Å². The van der Waals surface area contributed by atoms with Crippen molar-refractivity contribution in [3.63, 3.8) is 0 Å². The Balaban J connectivity index is 1.80. The van der Waals surface area contributed by atoms with Crippen molar-refractivity contribution in [3.8, 4) is 5.75 Å². The first-order chi connectivity index (χ1) is 13.1. The van der Waals surface area contributed by atoms with Gasteiger partial charge in [0, 0.05) is 22.9 Å². The summed E-state index contributed by atoms with van der Waals surface area (Å²) >= 11 is 1.62. The first kappa shape index (κ1) is 19.4. The third-order valence-corrected chi connectivity index (χ3v) is 6.03. The Labute approximate surface area is 163 Å². The highest BCUT2D eigenvalue weighted by Crippen LogP contribution is 2.32. The molecule has 1 aromatic heterocycles. The van der Waals surface area contributed by atoms with Crippen LogP contribution in [0.1, 0.15) is 36.1 Å². The highest BCUT2D eigenvalue weighted by molar-refractivity contribution is 7.09. The number of benzene rings is 1. The molecule has 0 spiro atoms. The summed E-state index contributed by atoms with van der Waals surface area (Å²) < 4.78 is 5.44. The minimum atomic E-state index is -0.790. The molecule has 0 aliphatic heterocycles. The van der Waals surface area contributed by atoms with E-state index in [2.05, 4.69) is 0 Å². The van der Waals surface area contributed by atoms with Gasteiger partial charge >= 0.3 is 5.97 Å². The SMILES string of the molecule is COc1ccccc1CN(Cc1cccs1)C(=O)C1CCCC(C(=O)O)C1. The van der Waals surface area contributed by atoms with E-state index >= 15 is 0 Å². The van der Waals surface area contributed by atoms with Crippen LogP contribution in [0.25, 0.3) is 0 Å². The number of ether oxygens (including phenoxy) is 1. The molecule has 0 saturated heterocycles. The van der Waals surface area contributed by atoms with Gasteiger partial charge in [-0.15, -0.1) is 11.3 Å². The fourth-order valence-electron chi connectivity index (χ4n) is 3.74. The molecular formula is C21H25NO4S. The van der Waals surface area contributed by atoms with E-state index in [4.69, 9.17) is 4.74 Å². The zero-order valence-corrected chi connectivity index (χ0v) is 16.3. The highest BCUT2D eigenvalue weighted by atomic mass is 32.1. The third kappa shape index (κ3) is 4.89. The van der Waals surface area contributed by atoms with E-state index < -0.39 is 11.9 Å². The maximum Gasteiger partial charge on any atom is 0.306 e. The number of amides is 1. The van der Waals surface area contributed by atoms with Crippen LogP contribution >= 0.6 is 11.3 Å². The van der Waals surface area contributed by atoms with Crippen molar-refractivity contribution in [2.75, 3.05) is 7.11 Å². The predicted octanol–water partition coefficient (Wildman–Crippen LogP) is 4.18. The fourth-order valence-corrected chi connectivity index (χ4v) is 4.46. The Morgan fingerprint density at radius 3 is 2.63 bits per heavy atom. The largest absolute Gasteiger partial charge is 0.496 e. The van der Waals surface area contributed by atoms with Gasteiger partial charge in [0.25, 0.3) is 0 Å². The van der Waals surface area contributed by atoms with Crippen molar-refractivity contribution in [2.24, 2.45) is 11.8 Å². The van der Waals surface area contributed by atoms with Gasteiger partial charge in [0.2, 0.25) is 5.91 Å². The van der Waals surface area contributed by atoms with E-state index in [1.54, 1.807) is 18.4 Å². The summed E-state index contributed by atoms with van der Waals surface area (Å²) in [6.07, 6.45) is 2.64. The fraction of sp³-hybridized carbons (Fsp3) is 0.429. The number of carboxylic acid groups (broad SMARTS) is 1. The van der Waals surface area contributed by atoms with E-state index in [9.17, 15) is 14.7 Å². The van der Waals surface area contributed by atoms with Crippen molar-refractivity contribution in [2.45, 2.75) is 38.8 Å². The molecule has 5 nitrogen and oxygen atoms in total. The molecule has 2 aromatic rings. The van der Waals surface area contributed by atoms with E-state index in [-0.39, 0.29) is 11.8 Å². The van der Waals surface area contributed by atoms with Gasteiger partial charge in [0.1, 0.15) is 5.75 Å². The molecule has 1 aromatic carbocycles. The molecule has 1 saturated carbocycles. The summed E-state index contributed by atoms with van der Waals surface area (Å²) in [6.45, 7) is 0.984. The van der Waals surface area contributed by atoms with Crippen LogP contribution < -0.4 is 4.74 Å². The Hall–Kier alpha value is -2.34. The standard InChI is InChI=1S/C21H25NO4S/c1-26-19-10-3-2-6-17(19)13-22(14-18-9-5-11-27-18)20(23)15-7-4-8-16(12-15)21(24)25/h2-3,5-6,9-11,15-16H,4,7-8,12-14H2,1H3,(H,24,25). The number of carbonyl (C=O) groups excluding carboxylic acids is 1.